The van der Waals surface area contributed by atoms with Gasteiger partial charge in [-0.2, -0.15) is 4.99 Å². The van der Waals surface area contributed by atoms with Gasteiger partial charge in [-0.25, -0.2) is 13.2 Å². The number of thiazole rings is 1. The third kappa shape index (κ3) is 7.25. The van der Waals surface area contributed by atoms with Crippen LogP contribution in [-0.2, 0) is 48.3 Å². The molecule has 220 valence electrons. The van der Waals surface area contributed by atoms with E-state index in [0.717, 1.165) is 41.0 Å². The van der Waals surface area contributed by atoms with E-state index < -0.39 is 44.0 Å². The summed E-state index contributed by atoms with van der Waals surface area (Å²) in [5, 5.41) is 13.9. The number of sulfone groups is 1. The Balaban J connectivity index is 1.53. The second-order valence-electron chi connectivity index (χ2n) is 9.13. The predicted molar refractivity (Wildman–Crippen MR) is 153 cm³/mol. The van der Waals surface area contributed by atoms with Crippen molar-refractivity contribution < 1.29 is 37.2 Å². The van der Waals surface area contributed by atoms with E-state index in [4.69, 9.17) is 9.47 Å². The molecule has 1 aliphatic carbocycles. The molecule has 1 N–H and O–H groups in total. The van der Waals surface area contributed by atoms with Gasteiger partial charge in [0, 0.05) is 30.2 Å². The minimum absolute atomic E-state index is 0.135. The first-order valence-electron chi connectivity index (χ1n) is 12.7. The third-order valence-corrected chi connectivity index (χ3v) is 9.91. The topological polar surface area (TPSA) is 176 Å². The van der Waals surface area contributed by atoms with E-state index in [0.29, 0.717) is 23.2 Å². The number of aryl methyl sites for hydroxylation is 1. The van der Waals surface area contributed by atoms with Gasteiger partial charge in [0.2, 0.25) is 5.91 Å². The van der Waals surface area contributed by atoms with Crippen molar-refractivity contribution in [3.05, 3.63) is 49.1 Å². The minimum Gasteiger partial charge on any atom is -0.465 e. The Labute approximate surface area is 242 Å². The van der Waals surface area contributed by atoms with Gasteiger partial charge < -0.3 is 19.4 Å². The zero-order chi connectivity index (χ0) is 29.7. The van der Waals surface area contributed by atoms with Gasteiger partial charge >= 0.3 is 5.97 Å². The van der Waals surface area contributed by atoms with Gasteiger partial charge in [-0.05, 0) is 44.2 Å². The number of hydrogen-bond acceptors (Lipinski definition) is 11. The standard InChI is InChI=1S/C25H28N4O9S3/c1-3-38-11-10-28-17-9-8-15(29(33)34)12-19(17)40-25(28)27-21(31)14-41(35,36)13-20(30)26-23-22(24(32)37-2)16-6-4-5-7-18(16)39-23/h8-9,12H,3-7,10-11,13-14H2,1-2H3,(H,26,30). The van der Waals surface area contributed by atoms with Crippen LogP contribution in [0.5, 0.6) is 0 Å². The normalized spacial score (nSPS) is 13.7. The summed E-state index contributed by atoms with van der Waals surface area (Å²) in [7, 11) is -2.99. The van der Waals surface area contributed by atoms with Gasteiger partial charge in [0.15, 0.2) is 14.6 Å². The zero-order valence-electron chi connectivity index (χ0n) is 22.3. The molecule has 2 heterocycles. The number of methoxy groups -OCH3 is 1. The number of nitrogens with zero attached hydrogens (tertiary/aromatic N) is 3. The lowest BCUT2D eigenvalue weighted by atomic mass is 9.95. The van der Waals surface area contributed by atoms with Gasteiger partial charge in [-0.1, -0.05) is 11.3 Å². The molecule has 0 aliphatic heterocycles. The number of non-ortho nitro benzene ring substituents is 1. The molecule has 0 unspecified atom stereocenters. The lowest BCUT2D eigenvalue weighted by Gasteiger charge is -2.11. The molecule has 1 aliphatic rings. The number of ether oxygens (including phenoxy) is 2. The Bertz CT molecular complexity index is 1690. The number of nitro benzene ring substituents is 1. The summed E-state index contributed by atoms with van der Waals surface area (Å²) >= 11 is 2.22. The Morgan fingerprint density at radius 3 is 2.63 bits per heavy atom. The maximum Gasteiger partial charge on any atom is 0.341 e. The highest BCUT2D eigenvalue weighted by atomic mass is 32.2. The van der Waals surface area contributed by atoms with Gasteiger partial charge in [0.05, 0.1) is 34.4 Å². The average molecular weight is 625 g/mol. The molecule has 16 heteroatoms. The van der Waals surface area contributed by atoms with Crippen LogP contribution in [0.4, 0.5) is 10.7 Å². The number of anilines is 1. The summed E-state index contributed by atoms with van der Waals surface area (Å²) in [5.74, 6) is -4.50. The molecule has 4 rings (SSSR count). The summed E-state index contributed by atoms with van der Waals surface area (Å²) < 4.78 is 37.9. The molecule has 1 aromatic carbocycles. The SMILES string of the molecule is CCOCCn1c(=NC(=O)CS(=O)(=O)CC(=O)Nc2sc3c(c2C(=O)OC)CCCC3)sc2cc([N+](=O)[O-])ccc21. The number of carbonyl (C=O) groups excluding carboxylic acids is 3. The maximum atomic E-state index is 12.8. The molecule has 0 fully saturated rings. The van der Waals surface area contributed by atoms with Crippen LogP contribution < -0.4 is 10.1 Å². The van der Waals surface area contributed by atoms with Crippen LogP contribution in [0.2, 0.25) is 0 Å². The van der Waals surface area contributed by atoms with Crippen molar-refractivity contribution in [2.45, 2.75) is 39.2 Å². The summed E-state index contributed by atoms with van der Waals surface area (Å²) in [6.07, 6.45) is 3.26. The fourth-order valence-electron chi connectivity index (χ4n) is 4.49. The van der Waals surface area contributed by atoms with E-state index in [1.807, 2.05) is 6.92 Å². The van der Waals surface area contributed by atoms with Crippen molar-refractivity contribution in [2.75, 3.05) is 37.1 Å². The van der Waals surface area contributed by atoms with Crippen molar-refractivity contribution in [3.63, 3.8) is 0 Å². The number of aromatic nitrogens is 1. The number of rotatable bonds is 11. The van der Waals surface area contributed by atoms with Gasteiger partial charge in [0.1, 0.15) is 16.5 Å². The molecule has 0 atom stereocenters. The van der Waals surface area contributed by atoms with Crippen molar-refractivity contribution in [1.29, 1.82) is 0 Å². The molecule has 0 saturated heterocycles. The highest BCUT2D eigenvalue weighted by Crippen LogP contribution is 2.38. The van der Waals surface area contributed by atoms with Gasteiger partial charge in [0.25, 0.3) is 11.6 Å². The fraction of sp³-hybridized carbons (Fsp3) is 0.440. The number of nitrogens with one attached hydrogen (secondary N) is 1. The van der Waals surface area contributed by atoms with Crippen LogP contribution in [-0.4, -0.2) is 67.5 Å². The Morgan fingerprint density at radius 2 is 1.93 bits per heavy atom. The smallest absolute Gasteiger partial charge is 0.341 e. The van der Waals surface area contributed by atoms with E-state index in [9.17, 15) is 32.9 Å². The largest absolute Gasteiger partial charge is 0.465 e. The van der Waals surface area contributed by atoms with E-state index in [1.54, 1.807) is 4.57 Å². The van der Waals surface area contributed by atoms with E-state index in [1.165, 1.54) is 36.6 Å². The maximum absolute atomic E-state index is 12.8. The fourth-order valence-corrected chi connectivity index (χ4v) is 7.90. The van der Waals surface area contributed by atoms with E-state index in [-0.39, 0.29) is 34.2 Å². The molecule has 2 amide bonds. The van der Waals surface area contributed by atoms with Crippen LogP contribution in [0.15, 0.2) is 23.2 Å². The first-order chi connectivity index (χ1) is 19.5. The van der Waals surface area contributed by atoms with Crippen LogP contribution in [0.25, 0.3) is 10.2 Å². The van der Waals surface area contributed by atoms with E-state index >= 15 is 0 Å². The molecular formula is C25H28N4O9S3. The summed E-state index contributed by atoms with van der Waals surface area (Å²) in [6.45, 7) is 2.83. The van der Waals surface area contributed by atoms with E-state index in [2.05, 4.69) is 10.3 Å². The summed E-state index contributed by atoms with van der Waals surface area (Å²) in [6, 6.07) is 4.22. The number of esters is 1. The quantitative estimate of drug-likeness (QED) is 0.145. The lowest BCUT2D eigenvalue weighted by molar-refractivity contribution is -0.384. The Morgan fingerprint density at radius 1 is 1.17 bits per heavy atom. The third-order valence-electron chi connectivity index (χ3n) is 6.27. The monoisotopic (exact) mass is 624 g/mol. The van der Waals surface area contributed by atoms with Crippen LogP contribution in [0, 0.1) is 10.1 Å². The molecule has 0 spiro atoms. The molecule has 0 radical (unpaired) electrons. The number of benzene rings is 1. The average Bonchev–Trinajstić information content (AvgIpc) is 3.44. The zero-order valence-corrected chi connectivity index (χ0v) is 24.8. The lowest BCUT2D eigenvalue weighted by Crippen LogP contribution is -2.28. The number of nitro groups is 1. The van der Waals surface area contributed by atoms with Gasteiger partial charge in [-0.3, -0.25) is 19.7 Å². The number of hydrogen-bond donors (Lipinski definition) is 1. The van der Waals surface area contributed by atoms with Crippen LogP contribution in [0.3, 0.4) is 0 Å². The van der Waals surface area contributed by atoms with Crippen molar-refractivity contribution >= 4 is 71.2 Å². The number of thiophene rings is 1. The van der Waals surface area contributed by atoms with Crippen molar-refractivity contribution in [3.8, 4) is 0 Å². The number of fused-ring (bicyclic) bond motifs is 2. The molecule has 0 saturated carbocycles. The molecule has 3 aromatic rings. The molecule has 0 bridgehead atoms. The van der Waals surface area contributed by atoms with Crippen LogP contribution >= 0.6 is 22.7 Å². The first-order valence-corrected chi connectivity index (χ1v) is 16.1. The molecular weight excluding hydrogens is 596 g/mol. The molecule has 41 heavy (non-hydrogen) atoms. The van der Waals surface area contributed by atoms with Crippen LogP contribution in [0.1, 0.15) is 40.6 Å². The first kappa shape index (κ1) is 30.5. The van der Waals surface area contributed by atoms with Gasteiger partial charge in [-0.15, -0.1) is 11.3 Å². The summed E-state index contributed by atoms with van der Waals surface area (Å²) in [4.78, 5) is 53.5. The minimum atomic E-state index is -4.23. The van der Waals surface area contributed by atoms with Crippen molar-refractivity contribution in [1.82, 2.24) is 4.57 Å². The second-order valence-corrected chi connectivity index (χ2v) is 13.3. The number of amides is 2. The Kier molecular flexibility index (Phi) is 9.68. The second kappa shape index (κ2) is 13.0. The highest BCUT2D eigenvalue weighted by molar-refractivity contribution is 7.92. The number of carbonyl (C=O) groups is 3. The summed E-state index contributed by atoms with van der Waals surface area (Å²) in [5.41, 5.74) is 1.50. The molecule has 2 aromatic heterocycles. The predicted octanol–water partition coefficient (Wildman–Crippen LogP) is 2.86. The highest BCUT2D eigenvalue weighted by Gasteiger charge is 2.28. The Hall–Kier alpha value is -3.47. The van der Waals surface area contributed by atoms with Crippen molar-refractivity contribution in [2.24, 2.45) is 4.99 Å². The molecule has 13 nitrogen and oxygen atoms in total.